The summed E-state index contributed by atoms with van der Waals surface area (Å²) in [6.07, 6.45) is 3.41. The Morgan fingerprint density at radius 1 is 1.14 bits per heavy atom. The minimum absolute atomic E-state index is 0.130. The van der Waals surface area contributed by atoms with Crippen molar-refractivity contribution in [3.05, 3.63) is 29.3 Å². The van der Waals surface area contributed by atoms with E-state index in [2.05, 4.69) is 21.7 Å². The van der Waals surface area contributed by atoms with Gasteiger partial charge in [0.2, 0.25) is 5.91 Å². The lowest BCUT2D eigenvalue weighted by atomic mass is 10.1. The molecule has 0 radical (unpaired) electrons. The van der Waals surface area contributed by atoms with E-state index < -0.39 is 0 Å². The molecule has 1 fully saturated rings. The van der Waals surface area contributed by atoms with Crippen LogP contribution in [0.5, 0.6) is 5.75 Å². The second kappa shape index (κ2) is 13.0. The van der Waals surface area contributed by atoms with Crippen molar-refractivity contribution in [1.82, 2.24) is 15.5 Å². The largest absolute Gasteiger partial charge is 0.491 e. The molecule has 0 saturated carbocycles. The van der Waals surface area contributed by atoms with Crippen molar-refractivity contribution in [2.24, 2.45) is 4.99 Å². The van der Waals surface area contributed by atoms with Crippen molar-refractivity contribution in [2.45, 2.75) is 46.6 Å². The SMILES string of the molecule is CCNC(=NCc1ccc(C)cc1OCCOCC)NCC(=O)N1CCCCC1. The Kier molecular flexibility index (Phi) is 10.3. The summed E-state index contributed by atoms with van der Waals surface area (Å²) in [6.45, 7) is 11.0. The van der Waals surface area contributed by atoms with Crippen LogP contribution in [0.1, 0.15) is 44.2 Å². The zero-order valence-electron chi connectivity index (χ0n) is 18.1. The summed E-state index contributed by atoms with van der Waals surface area (Å²) < 4.78 is 11.2. The molecule has 0 spiro atoms. The number of likely N-dealkylation sites (tertiary alicyclic amines) is 1. The topological polar surface area (TPSA) is 75.2 Å². The summed E-state index contributed by atoms with van der Waals surface area (Å²) in [7, 11) is 0. The number of guanidine groups is 1. The second-order valence-corrected chi connectivity index (χ2v) is 7.15. The smallest absolute Gasteiger partial charge is 0.241 e. The van der Waals surface area contributed by atoms with E-state index >= 15 is 0 Å². The number of rotatable bonds is 10. The maximum absolute atomic E-state index is 12.4. The highest BCUT2D eigenvalue weighted by Gasteiger charge is 2.16. The van der Waals surface area contributed by atoms with E-state index in [9.17, 15) is 4.79 Å². The van der Waals surface area contributed by atoms with Crippen LogP contribution < -0.4 is 15.4 Å². The summed E-state index contributed by atoms with van der Waals surface area (Å²) in [5.74, 6) is 1.60. The quantitative estimate of drug-likeness (QED) is 0.356. The van der Waals surface area contributed by atoms with E-state index in [4.69, 9.17) is 9.47 Å². The monoisotopic (exact) mass is 404 g/mol. The minimum Gasteiger partial charge on any atom is -0.491 e. The zero-order valence-corrected chi connectivity index (χ0v) is 18.1. The summed E-state index contributed by atoms with van der Waals surface area (Å²) >= 11 is 0. The molecule has 0 atom stereocenters. The van der Waals surface area contributed by atoms with Crippen LogP contribution in [0.4, 0.5) is 0 Å². The number of ether oxygens (including phenoxy) is 2. The first kappa shape index (κ1) is 23.0. The summed E-state index contributed by atoms with van der Waals surface area (Å²) in [6, 6.07) is 6.12. The van der Waals surface area contributed by atoms with E-state index in [0.717, 1.165) is 49.4 Å². The van der Waals surface area contributed by atoms with Crippen LogP contribution in [0.2, 0.25) is 0 Å². The van der Waals surface area contributed by atoms with Crippen LogP contribution in [0.15, 0.2) is 23.2 Å². The summed E-state index contributed by atoms with van der Waals surface area (Å²) in [4.78, 5) is 19.0. The first-order chi connectivity index (χ1) is 14.1. The minimum atomic E-state index is 0.130. The van der Waals surface area contributed by atoms with Gasteiger partial charge in [-0.05, 0) is 51.7 Å². The lowest BCUT2D eigenvalue weighted by Gasteiger charge is -2.27. The van der Waals surface area contributed by atoms with E-state index in [0.29, 0.717) is 32.3 Å². The van der Waals surface area contributed by atoms with Gasteiger partial charge in [0, 0.05) is 31.8 Å². The van der Waals surface area contributed by atoms with Gasteiger partial charge in [-0.1, -0.05) is 12.1 Å². The molecule has 162 valence electrons. The first-order valence-electron chi connectivity index (χ1n) is 10.7. The number of hydrogen-bond acceptors (Lipinski definition) is 4. The number of piperidine rings is 1. The number of amides is 1. The molecule has 7 heteroatoms. The molecule has 0 unspecified atom stereocenters. The molecule has 1 saturated heterocycles. The highest BCUT2D eigenvalue weighted by molar-refractivity contribution is 5.86. The second-order valence-electron chi connectivity index (χ2n) is 7.15. The number of nitrogens with one attached hydrogen (secondary N) is 2. The standard InChI is InChI=1S/C22H36N4O3/c1-4-23-22(25-17-21(27)26-11-7-6-8-12-26)24-16-19-10-9-18(3)15-20(19)29-14-13-28-5-2/h9-10,15H,4-8,11-14,16-17H2,1-3H3,(H2,23,24,25). The molecule has 1 aliphatic rings. The highest BCUT2D eigenvalue weighted by atomic mass is 16.5. The molecule has 0 aromatic heterocycles. The molecule has 1 heterocycles. The van der Waals surface area contributed by atoms with Crippen LogP contribution >= 0.6 is 0 Å². The predicted octanol–water partition coefficient (Wildman–Crippen LogP) is 2.48. The van der Waals surface area contributed by atoms with Crippen molar-refractivity contribution in [1.29, 1.82) is 0 Å². The summed E-state index contributed by atoms with van der Waals surface area (Å²) in [5.41, 5.74) is 2.15. The van der Waals surface area contributed by atoms with Gasteiger partial charge in [0.1, 0.15) is 12.4 Å². The summed E-state index contributed by atoms with van der Waals surface area (Å²) in [5, 5.41) is 6.37. The predicted molar refractivity (Wildman–Crippen MR) is 116 cm³/mol. The molecule has 0 bridgehead atoms. The molecule has 1 amide bonds. The van der Waals surface area contributed by atoms with Crippen LogP contribution in [-0.2, 0) is 16.1 Å². The Hall–Kier alpha value is -2.28. The molecular weight excluding hydrogens is 368 g/mol. The van der Waals surface area contributed by atoms with E-state index in [1.54, 1.807) is 0 Å². The Bertz CT molecular complexity index is 657. The van der Waals surface area contributed by atoms with Crippen LogP contribution in [0.3, 0.4) is 0 Å². The number of carbonyl (C=O) groups excluding carboxylic acids is 1. The molecule has 1 aromatic rings. The van der Waals surface area contributed by atoms with Crippen LogP contribution in [-0.4, -0.2) is 62.8 Å². The highest BCUT2D eigenvalue weighted by Crippen LogP contribution is 2.21. The van der Waals surface area contributed by atoms with Gasteiger partial charge >= 0.3 is 0 Å². The Labute approximate surface area is 174 Å². The Balaban J connectivity index is 1.95. The van der Waals surface area contributed by atoms with Gasteiger partial charge in [-0.2, -0.15) is 0 Å². The Morgan fingerprint density at radius 2 is 1.93 bits per heavy atom. The van der Waals surface area contributed by atoms with E-state index in [1.807, 2.05) is 37.8 Å². The molecule has 7 nitrogen and oxygen atoms in total. The fourth-order valence-electron chi connectivity index (χ4n) is 3.20. The van der Waals surface area contributed by atoms with Crippen molar-refractivity contribution < 1.29 is 14.3 Å². The maximum Gasteiger partial charge on any atom is 0.241 e. The van der Waals surface area contributed by atoms with Gasteiger partial charge < -0.3 is 25.0 Å². The molecule has 1 aliphatic heterocycles. The van der Waals surface area contributed by atoms with Gasteiger partial charge in [-0.15, -0.1) is 0 Å². The first-order valence-corrected chi connectivity index (χ1v) is 10.7. The van der Waals surface area contributed by atoms with Gasteiger partial charge in [0.15, 0.2) is 5.96 Å². The fourth-order valence-corrected chi connectivity index (χ4v) is 3.20. The molecule has 0 aliphatic carbocycles. The molecule has 2 rings (SSSR count). The van der Waals surface area contributed by atoms with Gasteiger partial charge in [0.25, 0.3) is 0 Å². The number of aryl methyl sites for hydroxylation is 1. The molecular formula is C22H36N4O3. The molecule has 29 heavy (non-hydrogen) atoms. The van der Waals surface area contributed by atoms with Gasteiger partial charge in [-0.25, -0.2) is 4.99 Å². The molecule has 2 N–H and O–H groups in total. The third-order valence-electron chi connectivity index (χ3n) is 4.78. The number of aliphatic imine (C=N–C) groups is 1. The normalized spacial score (nSPS) is 14.6. The number of carbonyl (C=O) groups is 1. The van der Waals surface area contributed by atoms with Crippen LogP contribution in [0.25, 0.3) is 0 Å². The molecule has 1 aromatic carbocycles. The van der Waals surface area contributed by atoms with Gasteiger partial charge in [0.05, 0.1) is 19.7 Å². The van der Waals surface area contributed by atoms with Crippen molar-refractivity contribution >= 4 is 11.9 Å². The third-order valence-corrected chi connectivity index (χ3v) is 4.78. The lowest BCUT2D eigenvalue weighted by Crippen LogP contribution is -2.46. The number of benzene rings is 1. The fraction of sp³-hybridized carbons (Fsp3) is 0.636. The Morgan fingerprint density at radius 3 is 2.66 bits per heavy atom. The average molecular weight is 405 g/mol. The number of nitrogens with zero attached hydrogens (tertiary/aromatic N) is 2. The van der Waals surface area contributed by atoms with Crippen molar-refractivity contribution in [3.63, 3.8) is 0 Å². The van der Waals surface area contributed by atoms with Gasteiger partial charge in [-0.3, -0.25) is 4.79 Å². The van der Waals surface area contributed by atoms with Crippen LogP contribution in [0, 0.1) is 6.92 Å². The maximum atomic E-state index is 12.4. The van der Waals surface area contributed by atoms with E-state index in [-0.39, 0.29) is 12.5 Å². The lowest BCUT2D eigenvalue weighted by molar-refractivity contribution is -0.130. The van der Waals surface area contributed by atoms with Crippen molar-refractivity contribution in [2.75, 3.05) is 46.0 Å². The average Bonchev–Trinajstić information content (AvgIpc) is 2.74. The number of hydrogen-bond donors (Lipinski definition) is 2. The zero-order chi connectivity index (χ0) is 20.9. The third kappa shape index (κ3) is 8.31. The van der Waals surface area contributed by atoms with Crippen molar-refractivity contribution in [3.8, 4) is 5.75 Å². The van der Waals surface area contributed by atoms with E-state index in [1.165, 1.54) is 6.42 Å².